The normalized spacial score (nSPS) is 15.9. The first kappa shape index (κ1) is 28.5. The molecule has 1 amide bonds. The first-order valence-corrected chi connectivity index (χ1v) is 14.1. The van der Waals surface area contributed by atoms with Gasteiger partial charge in [-0.25, -0.2) is 0 Å². The van der Waals surface area contributed by atoms with Crippen molar-refractivity contribution in [2.45, 2.75) is 46.1 Å². The molecule has 1 N–H and O–H groups in total. The molecule has 1 aliphatic rings. The molecule has 0 saturated carbocycles. The number of likely N-dealkylation sites (tertiary alicyclic amines) is 1. The summed E-state index contributed by atoms with van der Waals surface area (Å²) in [7, 11) is 0. The van der Waals surface area contributed by atoms with Gasteiger partial charge in [0.05, 0.1) is 21.3 Å². The zero-order chi connectivity index (χ0) is 27.4. The quantitative estimate of drug-likeness (QED) is 0.274. The number of fused-ring (bicyclic) bond motifs is 1. The van der Waals surface area contributed by atoms with Crippen LogP contribution in [0.3, 0.4) is 0 Å². The maximum Gasteiger partial charge on any atom is 0.226 e. The van der Waals surface area contributed by atoms with Crippen molar-refractivity contribution in [2.75, 3.05) is 18.4 Å². The van der Waals surface area contributed by atoms with Gasteiger partial charge in [-0.05, 0) is 80.2 Å². The number of nitrogens with one attached hydrogen (secondary N) is 1. The van der Waals surface area contributed by atoms with E-state index >= 15 is 0 Å². The molecule has 2 aromatic carbocycles. The minimum Gasteiger partial charge on any atom is -0.326 e. The molecule has 1 saturated heterocycles. The monoisotopic (exact) mass is 569 g/mol. The Balaban J connectivity index is 1.49. The van der Waals surface area contributed by atoms with Gasteiger partial charge >= 0.3 is 0 Å². The summed E-state index contributed by atoms with van der Waals surface area (Å²) in [6.07, 6.45) is 7.82. The number of allylic oxidation sites excluding steroid dienone is 5. The fourth-order valence-electron chi connectivity index (χ4n) is 4.91. The summed E-state index contributed by atoms with van der Waals surface area (Å²) < 4.78 is 1.98. The second-order valence-electron chi connectivity index (χ2n) is 10.1. The molecule has 0 unspecified atom stereocenters. The van der Waals surface area contributed by atoms with E-state index in [4.69, 9.17) is 34.8 Å². The molecule has 0 aliphatic carbocycles. The van der Waals surface area contributed by atoms with Crippen molar-refractivity contribution < 1.29 is 4.79 Å². The number of hydrogen-bond acceptors (Lipinski definition) is 2. The van der Waals surface area contributed by atoms with E-state index in [-0.39, 0.29) is 11.8 Å². The molecule has 0 radical (unpaired) electrons. The van der Waals surface area contributed by atoms with E-state index in [0.717, 1.165) is 49.1 Å². The zero-order valence-electron chi connectivity index (χ0n) is 22.1. The van der Waals surface area contributed by atoms with Crippen molar-refractivity contribution in [3.8, 4) is 0 Å². The first-order chi connectivity index (χ1) is 18.2. The van der Waals surface area contributed by atoms with Gasteiger partial charge in [-0.1, -0.05) is 79.5 Å². The fourth-order valence-corrected chi connectivity index (χ4v) is 5.46. The lowest BCUT2D eigenvalue weighted by Gasteiger charge is -2.32. The number of piperidine rings is 1. The highest BCUT2D eigenvalue weighted by atomic mass is 35.5. The molecule has 7 heteroatoms. The maximum atomic E-state index is 12.1. The highest BCUT2D eigenvalue weighted by molar-refractivity contribution is 6.44. The third kappa shape index (κ3) is 6.55. The number of benzene rings is 2. The Kier molecular flexibility index (Phi) is 9.43. The molecule has 0 spiro atoms. The molecular weight excluding hydrogens is 537 g/mol. The number of rotatable bonds is 8. The summed E-state index contributed by atoms with van der Waals surface area (Å²) >= 11 is 19.3. The molecule has 2 heterocycles. The fraction of sp³-hybridized carbons (Fsp3) is 0.323. The Bertz CT molecular complexity index is 1390. The van der Waals surface area contributed by atoms with Crippen LogP contribution < -0.4 is 5.32 Å². The van der Waals surface area contributed by atoms with Crippen molar-refractivity contribution in [3.05, 3.63) is 93.6 Å². The van der Waals surface area contributed by atoms with E-state index in [0.29, 0.717) is 26.7 Å². The number of amides is 1. The number of aromatic nitrogens is 1. The highest BCUT2D eigenvalue weighted by Crippen LogP contribution is 2.35. The summed E-state index contributed by atoms with van der Waals surface area (Å²) in [4.78, 5) is 14.6. The Labute approximate surface area is 240 Å². The van der Waals surface area contributed by atoms with E-state index in [1.807, 2.05) is 55.7 Å². The van der Waals surface area contributed by atoms with E-state index < -0.39 is 0 Å². The molecule has 3 aromatic rings. The molecule has 38 heavy (non-hydrogen) atoms. The lowest BCUT2D eigenvalue weighted by Crippen LogP contribution is -2.32. The average molecular weight is 571 g/mol. The molecular formula is C31H34Cl3N3O. The van der Waals surface area contributed by atoms with Crippen molar-refractivity contribution >= 4 is 63.0 Å². The van der Waals surface area contributed by atoms with E-state index in [1.165, 1.54) is 11.1 Å². The van der Waals surface area contributed by atoms with Crippen molar-refractivity contribution in [2.24, 2.45) is 5.92 Å². The van der Waals surface area contributed by atoms with Crippen LogP contribution >= 0.6 is 34.8 Å². The Morgan fingerprint density at radius 3 is 2.58 bits per heavy atom. The molecule has 4 nitrogen and oxygen atoms in total. The Hall–Kier alpha value is -2.50. The number of halogens is 3. The lowest BCUT2D eigenvalue weighted by atomic mass is 9.89. The molecule has 200 valence electrons. The highest BCUT2D eigenvalue weighted by Gasteiger charge is 2.23. The number of hydrogen-bond donors (Lipinski definition) is 1. The van der Waals surface area contributed by atoms with Crippen LogP contribution in [0.4, 0.5) is 5.69 Å². The zero-order valence-corrected chi connectivity index (χ0v) is 24.4. The molecule has 0 atom stereocenters. The van der Waals surface area contributed by atoms with E-state index in [2.05, 4.69) is 41.2 Å². The van der Waals surface area contributed by atoms with E-state index in [9.17, 15) is 4.79 Å². The van der Waals surface area contributed by atoms with Gasteiger partial charge in [0, 0.05) is 34.8 Å². The summed E-state index contributed by atoms with van der Waals surface area (Å²) in [5.74, 6) is 0.471. The number of nitrogens with zero attached hydrogens (tertiary/aromatic N) is 2. The number of anilines is 1. The molecule has 4 rings (SSSR count). The summed E-state index contributed by atoms with van der Waals surface area (Å²) in [6.45, 7) is 12.7. The van der Waals surface area contributed by atoms with Crippen LogP contribution in [0.25, 0.3) is 16.6 Å². The Morgan fingerprint density at radius 1 is 1.16 bits per heavy atom. The van der Waals surface area contributed by atoms with Gasteiger partial charge in [0.25, 0.3) is 0 Å². The number of carbonyl (C=O) groups excluding carboxylic acids is 1. The van der Waals surface area contributed by atoms with Gasteiger partial charge < -0.3 is 9.88 Å². The van der Waals surface area contributed by atoms with E-state index in [1.54, 1.807) is 6.08 Å². The predicted octanol–water partition coefficient (Wildman–Crippen LogP) is 9.00. The van der Waals surface area contributed by atoms with Crippen LogP contribution in [-0.2, 0) is 11.3 Å². The Morgan fingerprint density at radius 2 is 1.89 bits per heavy atom. The summed E-state index contributed by atoms with van der Waals surface area (Å²) in [5, 5.41) is 5.65. The van der Waals surface area contributed by atoms with Crippen molar-refractivity contribution in [3.63, 3.8) is 0 Å². The molecule has 0 bridgehead atoms. The standard InChI is InChI=1S/C31H34Cl3N3O/c1-5-7-28(33)30(34)21(4)37-19-24(27-11-10-25(32)17-29(27)37)18-36-14-12-22(13-15-36)23-8-6-9-26(16-23)35-31(38)20(2)3/h5-11,16-17,19-20,22H,4,12-15,18H2,1-3H3,(H,35,38)/b7-5-,30-28-. The maximum absolute atomic E-state index is 12.1. The topological polar surface area (TPSA) is 37.3 Å². The minimum atomic E-state index is -0.0433. The molecule has 1 aromatic heterocycles. The van der Waals surface area contributed by atoms with Crippen LogP contribution in [0.15, 0.2) is 77.5 Å². The molecule has 1 fully saturated rings. The van der Waals surface area contributed by atoms with Crippen LogP contribution in [0.2, 0.25) is 5.02 Å². The largest absolute Gasteiger partial charge is 0.326 e. The van der Waals surface area contributed by atoms with Crippen LogP contribution in [0.5, 0.6) is 0 Å². The van der Waals surface area contributed by atoms with Crippen molar-refractivity contribution in [1.29, 1.82) is 0 Å². The summed E-state index contributed by atoms with van der Waals surface area (Å²) in [5.41, 5.74) is 4.92. The predicted molar refractivity (Wildman–Crippen MR) is 163 cm³/mol. The third-order valence-electron chi connectivity index (χ3n) is 7.05. The molecule has 1 aliphatic heterocycles. The van der Waals surface area contributed by atoms with Gasteiger partial charge in [0.1, 0.15) is 0 Å². The average Bonchev–Trinajstić information content (AvgIpc) is 3.25. The number of carbonyl (C=O) groups is 1. The smallest absolute Gasteiger partial charge is 0.226 e. The van der Waals surface area contributed by atoms with Crippen LogP contribution in [-0.4, -0.2) is 28.5 Å². The van der Waals surface area contributed by atoms with Gasteiger partial charge in [0.2, 0.25) is 5.91 Å². The van der Waals surface area contributed by atoms with Gasteiger partial charge in [-0.15, -0.1) is 0 Å². The lowest BCUT2D eigenvalue weighted by molar-refractivity contribution is -0.118. The minimum absolute atomic E-state index is 0.0426. The van der Waals surface area contributed by atoms with Crippen molar-refractivity contribution in [1.82, 2.24) is 9.47 Å². The van der Waals surface area contributed by atoms with Gasteiger partial charge in [-0.3, -0.25) is 9.69 Å². The summed E-state index contributed by atoms with van der Waals surface area (Å²) in [6, 6.07) is 14.2. The SMILES string of the molecule is C=C(/C(Cl)=C(Cl)\C=C/C)n1cc(CN2CCC(c3cccc(NC(=O)C(C)C)c3)CC2)c2ccc(Cl)cc21. The second kappa shape index (κ2) is 12.6. The van der Waals surface area contributed by atoms with Gasteiger partial charge in [-0.2, -0.15) is 0 Å². The first-order valence-electron chi connectivity index (χ1n) is 13.0. The second-order valence-corrected chi connectivity index (χ2v) is 11.3. The van der Waals surface area contributed by atoms with Crippen LogP contribution in [0.1, 0.15) is 50.7 Å². The van der Waals surface area contributed by atoms with Crippen LogP contribution in [0, 0.1) is 5.92 Å². The third-order valence-corrected chi connectivity index (χ3v) is 8.12. The van der Waals surface area contributed by atoms with Gasteiger partial charge in [0.15, 0.2) is 0 Å².